The van der Waals surface area contributed by atoms with Crippen molar-refractivity contribution in [1.29, 1.82) is 0 Å². The fourth-order valence-electron chi connectivity index (χ4n) is 4.71. The van der Waals surface area contributed by atoms with Gasteiger partial charge in [0.05, 0.1) is 17.5 Å². The third-order valence-electron chi connectivity index (χ3n) is 5.98. The maximum absolute atomic E-state index is 13.4. The van der Waals surface area contributed by atoms with Gasteiger partial charge in [0.25, 0.3) is 5.56 Å². The van der Waals surface area contributed by atoms with Crippen molar-refractivity contribution in [1.82, 2.24) is 9.66 Å². The van der Waals surface area contributed by atoms with Crippen LogP contribution in [0.5, 0.6) is 0 Å². The van der Waals surface area contributed by atoms with Gasteiger partial charge in [-0.1, -0.05) is 67.4 Å². The van der Waals surface area contributed by atoms with Crippen molar-refractivity contribution in [3.05, 3.63) is 88.0 Å². The van der Waals surface area contributed by atoms with Crippen LogP contribution in [0, 0.1) is 0 Å². The number of nitrogens with zero attached hydrogens (tertiary/aromatic N) is 3. The quantitative estimate of drug-likeness (QED) is 0.648. The highest BCUT2D eigenvalue weighted by Gasteiger charge is 2.44. The van der Waals surface area contributed by atoms with Gasteiger partial charge in [0, 0.05) is 11.0 Å². The van der Waals surface area contributed by atoms with Gasteiger partial charge in [-0.05, 0) is 30.4 Å². The van der Waals surface area contributed by atoms with E-state index >= 15 is 0 Å². The predicted molar refractivity (Wildman–Crippen MR) is 107 cm³/mol. The SMILES string of the molecule is O=c1c2c(ncn1/N=C/c1ccccc1)-c1ccccc1CC21CCCC1. The highest BCUT2D eigenvalue weighted by atomic mass is 16.1. The molecule has 0 amide bonds. The first-order valence-corrected chi connectivity index (χ1v) is 9.57. The van der Waals surface area contributed by atoms with E-state index in [1.165, 1.54) is 23.1 Å². The molecule has 0 bridgehead atoms. The Hall–Kier alpha value is -3.01. The Bertz CT molecular complexity index is 1080. The topological polar surface area (TPSA) is 47.2 Å². The molecule has 134 valence electrons. The van der Waals surface area contributed by atoms with Crippen molar-refractivity contribution in [3.63, 3.8) is 0 Å². The van der Waals surface area contributed by atoms with Gasteiger partial charge in [0.1, 0.15) is 6.33 Å². The monoisotopic (exact) mass is 355 g/mol. The molecule has 0 radical (unpaired) electrons. The molecular weight excluding hydrogens is 334 g/mol. The van der Waals surface area contributed by atoms with Crippen LogP contribution in [0.1, 0.15) is 42.4 Å². The Labute approximate surface area is 158 Å². The molecule has 1 spiro atoms. The average molecular weight is 355 g/mol. The number of hydrogen-bond acceptors (Lipinski definition) is 3. The molecule has 4 nitrogen and oxygen atoms in total. The van der Waals surface area contributed by atoms with Crippen molar-refractivity contribution in [3.8, 4) is 11.3 Å². The van der Waals surface area contributed by atoms with Crippen LogP contribution in [-0.4, -0.2) is 15.9 Å². The molecule has 1 aromatic heterocycles. The van der Waals surface area contributed by atoms with Gasteiger partial charge in [-0.15, -0.1) is 0 Å². The first kappa shape index (κ1) is 16.2. The molecule has 0 N–H and O–H groups in total. The maximum Gasteiger partial charge on any atom is 0.278 e. The van der Waals surface area contributed by atoms with Crippen LogP contribution in [0.4, 0.5) is 0 Å². The van der Waals surface area contributed by atoms with Gasteiger partial charge in [-0.2, -0.15) is 9.78 Å². The van der Waals surface area contributed by atoms with Gasteiger partial charge >= 0.3 is 0 Å². The van der Waals surface area contributed by atoms with E-state index in [1.807, 2.05) is 36.4 Å². The second-order valence-electron chi connectivity index (χ2n) is 7.59. The summed E-state index contributed by atoms with van der Waals surface area (Å²) in [6, 6.07) is 18.2. The van der Waals surface area contributed by atoms with Crippen molar-refractivity contribution in [2.75, 3.05) is 0 Å². The molecule has 1 saturated carbocycles. The summed E-state index contributed by atoms with van der Waals surface area (Å²) in [4.78, 5) is 18.1. The Morgan fingerprint density at radius 1 is 1.00 bits per heavy atom. The second kappa shape index (κ2) is 6.31. The lowest BCUT2D eigenvalue weighted by Gasteiger charge is -2.35. The predicted octanol–water partition coefficient (Wildman–Crippen LogP) is 4.16. The zero-order valence-electron chi connectivity index (χ0n) is 15.1. The fourth-order valence-corrected chi connectivity index (χ4v) is 4.71. The number of fused-ring (bicyclic) bond motifs is 4. The van der Waals surface area contributed by atoms with E-state index in [2.05, 4.69) is 23.3 Å². The molecule has 5 rings (SSSR count). The Morgan fingerprint density at radius 3 is 2.56 bits per heavy atom. The van der Waals surface area contributed by atoms with Crippen molar-refractivity contribution >= 4 is 6.21 Å². The standard InChI is InChI=1S/C23H21N3O/c27-22-20-21(24-16-26(22)25-15-17-8-2-1-3-9-17)19-11-5-4-10-18(19)14-23(20)12-6-7-13-23/h1-5,8-11,15-16H,6-7,12-14H2/b25-15+. The first-order chi connectivity index (χ1) is 13.3. The summed E-state index contributed by atoms with van der Waals surface area (Å²) in [5, 5.41) is 4.41. The van der Waals surface area contributed by atoms with Gasteiger partial charge in [0.2, 0.25) is 0 Å². The van der Waals surface area contributed by atoms with Crippen LogP contribution in [-0.2, 0) is 11.8 Å². The molecular formula is C23H21N3O. The molecule has 0 aliphatic heterocycles. The van der Waals surface area contributed by atoms with Crippen molar-refractivity contribution in [2.45, 2.75) is 37.5 Å². The van der Waals surface area contributed by atoms with Gasteiger partial charge in [-0.3, -0.25) is 4.79 Å². The smallest absolute Gasteiger partial charge is 0.267 e. The normalized spacial score (nSPS) is 17.2. The summed E-state index contributed by atoms with van der Waals surface area (Å²) in [6.07, 6.45) is 8.65. The summed E-state index contributed by atoms with van der Waals surface area (Å²) in [5.74, 6) is 0. The summed E-state index contributed by atoms with van der Waals surface area (Å²) >= 11 is 0. The maximum atomic E-state index is 13.4. The lowest BCUT2D eigenvalue weighted by Crippen LogP contribution is -2.38. The Balaban J connectivity index is 1.67. The fraction of sp³-hybridized carbons (Fsp3) is 0.261. The summed E-state index contributed by atoms with van der Waals surface area (Å²) in [5.41, 5.74) is 4.98. The number of benzene rings is 2. The van der Waals surface area contributed by atoms with E-state index in [1.54, 1.807) is 12.5 Å². The largest absolute Gasteiger partial charge is 0.278 e. The van der Waals surface area contributed by atoms with Crippen LogP contribution in [0.15, 0.2) is 70.8 Å². The third kappa shape index (κ3) is 2.64. The Kier molecular flexibility index (Phi) is 3.78. The van der Waals surface area contributed by atoms with E-state index in [9.17, 15) is 4.79 Å². The summed E-state index contributed by atoms with van der Waals surface area (Å²) in [6.45, 7) is 0. The molecule has 3 aromatic rings. The highest BCUT2D eigenvalue weighted by Crippen LogP contribution is 2.49. The molecule has 0 atom stereocenters. The van der Waals surface area contributed by atoms with Crippen LogP contribution in [0.3, 0.4) is 0 Å². The average Bonchev–Trinajstić information content (AvgIpc) is 3.16. The molecule has 1 fully saturated rings. The lowest BCUT2D eigenvalue weighted by atomic mass is 9.68. The Morgan fingerprint density at radius 2 is 1.74 bits per heavy atom. The highest BCUT2D eigenvalue weighted by molar-refractivity contribution is 5.79. The van der Waals surface area contributed by atoms with Crippen LogP contribution in [0.2, 0.25) is 0 Å². The minimum Gasteiger partial charge on any atom is -0.267 e. The molecule has 2 aromatic carbocycles. The zero-order chi connectivity index (χ0) is 18.3. The van der Waals surface area contributed by atoms with E-state index in [0.717, 1.165) is 41.6 Å². The van der Waals surface area contributed by atoms with Gasteiger partial charge in [-0.25, -0.2) is 4.98 Å². The zero-order valence-corrected chi connectivity index (χ0v) is 15.1. The molecule has 4 heteroatoms. The van der Waals surface area contributed by atoms with E-state index in [-0.39, 0.29) is 11.0 Å². The van der Waals surface area contributed by atoms with Crippen LogP contribution in [0.25, 0.3) is 11.3 Å². The van der Waals surface area contributed by atoms with E-state index in [0.29, 0.717) is 0 Å². The summed E-state index contributed by atoms with van der Waals surface area (Å²) in [7, 11) is 0. The van der Waals surface area contributed by atoms with Crippen molar-refractivity contribution < 1.29 is 0 Å². The molecule has 2 aliphatic carbocycles. The third-order valence-corrected chi connectivity index (χ3v) is 5.98. The van der Waals surface area contributed by atoms with Gasteiger partial charge in [0.15, 0.2) is 0 Å². The lowest BCUT2D eigenvalue weighted by molar-refractivity contribution is 0.423. The number of rotatable bonds is 2. The summed E-state index contributed by atoms with van der Waals surface area (Å²) < 4.78 is 1.40. The van der Waals surface area contributed by atoms with Crippen LogP contribution >= 0.6 is 0 Å². The van der Waals surface area contributed by atoms with Crippen LogP contribution < -0.4 is 5.56 Å². The number of hydrogen-bond donors (Lipinski definition) is 0. The molecule has 27 heavy (non-hydrogen) atoms. The molecule has 2 aliphatic rings. The van der Waals surface area contributed by atoms with E-state index in [4.69, 9.17) is 4.98 Å². The second-order valence-corrected chi connectivity index (χ2v) is 7.59. The molecule has 0 saturated heterocycles. The molecule has 1 heterocycles. The minimum atomic E-state index is -0.0843. The molecule has 0 unspecified atom stereocenters. The van der Waals surface area contributed by atoms with E-state index < -0.39 is 0 Å². The minimum absolute atomic E-state index is 0.0245. The van der Waals surface area contributed by atoms with Gasteiger partial charge < -0.3 is 0 Å². The number of aromatic nitrogens is 2. The first-order valence-electron chi connectivity index (χ1n) is 9.57. The van der Waals surface area contributed by atoms with Crippen molar-refractivity contribution in [2.24, 2.45) is 5.10 Å².